The molecule has 8 heteroatoms. The predicted octanol–water partition coefficient (Wildman–Crippen LogP) is 3.87. The van der Waals surface area contributed by atoms with E-state index in [0.29, 0.717) is 28.9 Å². The fourth-order valence-corrected chi connectivity index (χ4v) is 6.13. The maximum atomic E-state index is 12.8. The van der Waals surface area contributed by atoms with E-state index in [2.05, 4.69) is 4.98 Å². The third kappa shape index (κ3) is 4.75. The molecule has 0 bridgehead atoms. The molecule has 172 valence electrons. The molecule has 4 rings (SSSR count). The number of aromatic nitrogens is 2. The number of nitrogens with zero attached hydrogens (tertiary/aromatic N) is 2. The van der Waals surface area contributed by atoms with Gasteiger partial charge in [0.1, 0.15) is 0 Å². The molecule has 3 heterocycles. The van der Waals surface area contributed by atoms with Crippen molar-refractivity contribution in [1.82, 2.24) is 9.55 Å². The van der Waals surface area contributed by atoms with E-state index in [0.717, 1.165) is 17.0 Å². The summed E-state index contributed by atoms with van der Waals surface area (Å²) in [6.07, 6.45) is 0.534. The Balaban J connectivity index is 1.45. The number of hydrogen-bond acceptors (Lipinski definition) is 6. The number of ketones is 1. The van der Waals surface area contributed by atoms with E-state index in [1.807, 2.05) is 41.8 Å². The van der Waals surface area contributed by atoms with Crippen molar-refractivity contribution >= 4 is 21.6 Å². The molecule has 0 N–H and O–H groups in total. The van der Waals surface area contributed by atoms with Gasteiger partial charge in [0.2, 0.25) is 5.78 Å². The molecule has 0 spiro atoms. The number of Topliss-reactive ketones (excluding diaryl/α,β-unsaturated/α-hetero) is 1. The van der Waals surface area contributed by atoms with E-state index in [9.17, 15) is 18.0 Å². The van der Waals surface area contributed by atoms with Crippen LogP contribution in [-0.4, -0.2) is 47.8 Å². The predicted molar refractivity (Wildman–Crippen MR) is 125 cm³/mol. The molecule has 1 unspecified atom stereocenters. The SMILES string of the molecule is Cc1nc(-c2ccccc2)ccc1C(=O)OCC(=O)c1cc(C)n(C2CCS(=O)(=O)C2)c1C. The van der Waals surface area contributed by atoms with Crippen LogP contribution >= 0.6 is 0 Å². The third-order valence-corrected chi connectivity index (χ3v) is 7.82. The van der Waals surface area contributed by atoms with Crippen molar-refractivity contribution in [2.45, 2.75) is 33.2 Å². The maximum Gasteiger partial charge on any atom is 0.340 e. The summed E-state index contributed by atoms with van der Waals surface area (Å²) in [5, 5.41) is 0. The van der Waals surface area contributed by atoms with Gasteiger partial charge in [-0.25, -0.2) is 13.2 Å². The molecule has 1 saturated heterocycles. The minimum absolute atomic E-state index is 0.0806. The lowest BCUT2D eigenvalue weighted by atomic mass is 10.1. The number of rotatable bonds is 6. The van der Waals surface area contributed by atoms with Crippen LogP contribution in [-0.2, 0) is 14.6 Å². The first-order valence-corrected chi connectivity index (χ1v) is 12.6. The Hall–Kier alpha value is -3.26. The Morgan fingerprint density at radius 2 is 1.79 bits per heavy atom. The summed E-state index contributed by atoms with van der Waals surface area (Å²) in [6, 6.07) is 14.6. The fraction of sp³-hybridized carbons (Fsp3) is 0.320. The van der Waals surface area contributed by atoms with E-state index in [-0.39, 0.29) is 23.3 Å². The van der Waals surface area contributed by atoms with Gasteiger partial charge in [0.25, 0.3) is 0 Å². The van der Waals surface area contributed by atoms with Crippen molar-refractivity contribution < 1.29 is 22.7 Å². The zero-order valence-electron chi connectivity index (χ0n) is 18.9. The lowest BCUT2D eigenvalue weighted by molar-refractivity contribution is 0.0473. The van der Waals surface area contributed by atoms with Gasteiger partial charge in [-0.3, -0.25) is 9.78 Å². The van der Waals surface area contributed by atoms with Crippen LogP contribution < -0.4 is 0 Å². The molecule has 0 radical (unpaired) electrons. The fourth-order valence-electron chi connectivity index (χ4n) is 4.43. The zero-order chi connectivity index (χ0) is 23.8. The van der Waals surface area contributed by atoms with Crippen molar-refractivity contribution in [3.8, 4) is 11.3 Å². The van der Waals surface area contributed by atoms with E-state index < -0.39 is 22.4 Å². The summed E-state index contributed by atoms with van der Waals surface area (Å²) >= 11 is 0. The Morgan fingerprint density at radius 1 is 1.06 bits per heavy atom. The standard InChI is InChI=1S/C25H26N2O5S/c1-16-13-22(18(3)27(16)20-11-12-33(30,31)15-20)24(28)14-32-25(29)21-9-10-23(26-17(21)2)19-7-5-4-6-8-19/h4-10,13,20H,11-12,14-15H2,1-3H3. The third-order valence-electron chi connectivity index (χ3n) is 6.07. The van der Waals surface area contributed by atoms with Crippen molar-refractivity contribution in [2.75, 3.05) is 18.1 Å². The lowest BCUT2D eigenvalue weighted by Gasteiger charge is -2.16. The summed E-state index contributed by atoms with van der Waals surface area (Å²) in [5.74, 6) is -0.692. The number of ether oxygens (including phenoxy) is 1. The molecule has 1 aliphatic rings. The first-order chi connectivity index (χ1) is 15.7. The molecule has 0 saturated carbocycles. The number of carbonyl (C=O) groups excluding carboxylic acids is 2. The minimum Gasteiger partial charge on any atom is -0.454 e. The topological polar surface area (TPSA) is 95.3 Å². The molecular weight excluding hydrogens is 440 g/mol. The van der Waals surface area contributed by atoms with Gasteiger partial charge in [0, 0.05) is 28.6 Å². The van der Waals surface area contributed by atoms with Crippen LogP contribution in [0.25, 0.3) is 11.3 Å². The van der Waals surface area contributed by atoms with Crippen LogP contribution in [0.15, 0.2) is 48.5 Å². The highest BCUT2D eigenvalue weighted by molar-refractivity contribution is 7.91. The number of carbonyl (C=O) groups is 2. The number of esters is 1. The highest BCUT2D eigenvalue weighted by Gasteiger charge is 2.31. The van der Waals surface area contributed by atoms with E-state index in [1.54, 1.807) is 32.0 Å². The van der Waals surface area contributed by atoms with Crippen LogP contribution in [0.4, 0.5) is 0 Å². The summed E-state index contributed by atoms with van der Waals surface area (Å²) in [6.45, 7) is 4.98. The molecule has 0 amide bonds. The van der Waals surface area contributed by atoms with Crippen molar-refractivity contribution in [1.29, 1.82) is 0 Å². The van der Waals surface area contributed by atoms with E-state index >= 15 is 0 Å². The summed E-state index contributed by atoms with van der Waals surface area (Å²) in [4.78, 5) is 29.9. The Labute approximate surface area is 193 Å². The molecule has 1 fully saturated rings. The second-order valence-corrected chi connectivity index (χ2v) is 10.6. The number of pyridine rings is 1. The van der Waals surface area contributed by atoms with Gasteiger partial charge in [-0.1, -0.05) is 30.3 Å². The van der Waals surface area contributed by atoms with Gasteiger partial charge in [-0.15, -0.1) is 0 Å². The summed E-state index contributed by atoms with van der Waals surface area (Å²) in [7, 11) is -3.05. The van der Waals surface area contributed by atoms with Gasteiger partial charge in [0.15, 0.2) is 16.4 Å². The number of sulfone groups is 1. The molecule has 1 aliphatic heterocycles. The van der Waals surface area contributed by atoms with E-state index in [4.69, 9.17) is 4.74 Å². The first-order valence-electron chi connectivity index (χ1n) is 10.8. The molecule has 3 aromatic rings. The molecule has 1 atom stereocenters. The largest absolute Gasteiger partial charge is 0.454 e. The van der Waals surface area contributed by atoms with Crippen molar-refractivity contribution in [2.24, 2.45) is 0 Å². The van der Waals surface area contributed by atoms with E-state index in [1.165, 1.54) is 0 Å². The zero-order valence-corrected chi connectivity index (χ0v) is 19.7. The van der Waals surface area contributed by atoms with Crippen LogP contribution in [0.5, 0.6) is 0 Å². The molecule has 7 nitrogen and oxygen atoms in total. The number of aryl methyl sites for hydroxylation is 2. The Morgan fingerprint density at radius 3 is 2.42 bits per heavy atom. The molecule has 33 heavy (non-hydrogen) atoms. The summed E-state index contributed by atoms with van der Waals surface area (Å²) < 4.78 is 31.0. The van der Waals surface area contributed by atoms with Gasteiger partial charge in [-0.2, -0.15) is 0 Å². The molecule has 2 aromatic heterocycles. The molecule has 0 aliphatic carbocycles. The van der Waals surface area contributed by atoms with Crippen LogP contribution in [0.2, 0.25) is 0 Å². The van der Waals surface area contributed by atoms with Gasteiger partial charge in [-0.05, 0) is 45.4 Å². The van der Waals surface area contributed by atoms with Crippen LogP contribution in [0.1, 0.15) is 50.3 Å². The van der Waals surface area contributed by atoms with Gasteiger partial charge < -0.3 is 9.30 Å². The van der Waals surface area contributed by atoms with Crippen LogP contribution in [0, 0.1) is 20.8 Å². The van der Waals surface area contributed by atoms with Crippen molar-refractivity contribution in [3.63, 3.8) is 0 Å². The van der Waals surface area contributed by atoms with Gasteiger partial charge in [0.05, 0.1) is 28.5 Å². The Kier molecular flexibility index (Phi) is 6.21. The number of hydrogen-bond donors (Lipinski definition) is 0. The number of benzene rings is 1. The highest BCUT2D eigenvalue weighted by Crippen LogP contribution is 2.29. The summed E-state index contributed by atoms with van der Waals surface area (Å²) in [5.41, 5.74) is 4.49. The molecule has 1 aromatic carbocycles. The maximum absolute atomic E-state index is 12.8. The highest BCUT2D eigenvalue weighted by atomic mass is 32.2. The normalized spacial score (nSPS) is 17.1. The first kappa shape index (κ1) is 22.9. The second-order valence-electron chi connectivity index (χ2n) is 8.41. The minimum atomic E-state index is -3.05. The lowest BCUT2D eigenvalue weighted by Crippen LogP contribution is -2.17. The van der Waals surface area contributed by atoms with Crippen molar-refractivity contribution in [3.05, 3.63) is 76.7 Å². The molecular formula is C25H26N2O5S. The Bertz CT molecular complexity index is 1330. The van der Waals surface area contributed by atoms with Gasteiger partial charge >= 0.3 is 5.97 Å². The average Bonchev–Trinajstić information content (AvgIpc) is 3.29. The average molecular weight is 467 g/mol. The van der Waals surface area contributed by atoms with Crippen LogP contribution in [0.3, 0.4) is 0 Å². The quantitative estimate of drug-likeness (QED) is 0.404. The smallest absolute Gasteiger partial charge is 0.340 e. The second kappa shape index (κ2) is 8.94. The monoisotopic (exact) mass is 466 g/mol.